The largest absolute Gasteiger partial charge is 0.511 e. The number of hydrogen-bond donors (Lipinski definition) is 2. The molecule has 0 spiro atoms. The van der Waals surface area contributed by atoms with E-state index < -0.39 is 15.5 Å². The van der Waals surface area contributed by atoms with Gasteiger partial charge < -0.3 is 9.84 Å². The number of rotatable bonds is 7. The lowest BCUT2D eigenvalue weighted by molar-refractivity contribution is -0.0448. The van der Waals surface area contributed by atoms with Gasteiger partial charge in [-0.1, -0.05) is 0 Å². The second-order valence-electron chi connectivity index (χ2n) is 2.53. The molecule has 0 fully saturated rings. The molecule has 0 unspecified atom stereocenters. The second-order valence-corrected chi connectivity index (χ2v) is 4.29. The Morgan fingerprint density at radius 1 is 1.27 bits per heavy atom. The summed E-state index contributed by atoms with van der Waals surface area (Å²) in [5.41, 5.74) is -5.28. The van der Waals surface area contributed by atoms with Crippen LogP contribution in [0.2, 0.25) is 0 Å². The minimum absolute atomic E-state index is 0.0754. The smallest absolute Gasteiger partial charge is 0.394 e. The van der Waals surface area contributed by atoms with Gasteiger partial charge in [0.1, 0.15) is 0 Å². The monoisotopic (exact) mass is 251 g/mol. The predicted molar refractivity (Wildman–Crippen MR) is 45.5 cm³/mol. The molecule has 0 heterocycles. The minimum atomic E-state index is -5.28. The van der Waals surface area contributed by atoms with Crippen LogP contribution >= 0.6 is 0 Å². The molecule has 0 aliphatic heterocycles. The first-order valence-corrected chi connectivity index (χ1v) is 5.54. The molecule has 0 aromatic heterocycles. The van der Waals surface area contributed by atoms with E-state index in [2.05, 4.69) is 0 Å². The van der Waals surface area contributed by atoms with Gasteiger partial charge in [0.2, 0.25) is 0 Å². The van der Waals surface area contributed by atoms with E-state index in [1.54, 1.807) is 0 Å². The molecule has 0 aliphatic carbocycles. The van der Waals surface area contributed by atoms with Gasteiger partial charge in [0.15, 0.2) is 0 Å². The third-order valence-electron chi connectivity index (χ3n) is 1.30. The molecular formula is C6H12F3NO4S. The lowest BCUT2D eigenvalue weighted by Gasteiger charge is -2.09. The van der Waals surface area contributed by atoms with Crippen molar-refractivity contribution in [3.63, 3.8) is 0 Å². The van der Waals surface area contributed by atoms with E-state index in [0.29, 0.717) is 0 Å². The van der Waals surface area contributed by atoms with Gasteiger partial charge >= 0.3 is 15.5 Å². The van der Waals surface area contributed by atoms with E-state index in [1.165, 1.54) is 4.72 Å². The molecule has 0 aromatic rings. The Morgan fingerprint density at radius 3 is 2.33 bits per heavy atom. The molecule has 0 atom stereocenters. The van der Waals surface area contributed by atoms with Crippen molar-refractivity contribution in [2.45, 2.75) is 11.9 Å². The Balaban J connectivity index is 3.69. The summed E-state index contributed by atoms with van der Waals surface area (Å²) in [6, 6.07) is 0. The fourth-order valence-corrected chi connectivity index (χ4v) is 1.21. The maximum Gasteiger partial charge on any atom is 0.511 e. The van der Waals surface area contributed by atoms with E-state index in [0.717, 1.165) is 0 Å². The van der Waals surface area contributed by atoms with E-state index in [9.17, 15) is 21.6 Å². The zero-order valence-electron chi connectivity index (χ0n) is 7.75. The molecule has 9 heteroatoms. The van der Waals surface area contributed by atoms with Crippen LogP contribution in [0.25, 0.3) is 0 Å². The summed E-state index contributed by atoms with van der Waals surface area (Å²) in [5, 5.41) is 8.27. The van der Waals surface area contributed by atoms with Crippen LogP contribution in [0.5, 0.6) is 0 Å². The minimum Gasteiger partial charge on any atom is -0.394 e. The van der Waals surface area contributed by atoms with Crippen molar-refractivity contribution < 1.29 is 31.4 Å². The Labute approximate surface area is 85.3 Å². The lowest BCUT2D eigenvalue weighted by Crippen LogP contribution is -2.37. The van der Waals surface area contributed by atoms with E-state index in [4.69, 9.17) is 9.84 Å². The van der Waals surface area contributed by atoms with Crippen LogP contribution in [-0.2, 0) is 14.8 Å². The van der Waals surface area contributed by atoms with Gasteiger partial charge in [-0.3, -0.25) is 0 Å². The van der Waals surface area contributed by atoms with Crippen LogP contribution in [0.4, 0.5) is 13.2 Å². The van der Waals surface area contributed by atoms with Crippen LogP contribution in [0.3, 0.4) is 0 Å². The third kappa shape index (κ3) is 5.92. The summed E-state index contributed by atoms with van der Waals surface area (Å²) < 4.78 is 62.2. The van der Waals surface area contributed by atoms with Crippen LogP contribution in [0, 0.1) is 0 Å². The maximum absolute atomic E-state index is 11.7. The number of ether oxygens (including phenoxy) is 1. The van der Waals surface area contributed by atoms with Crippen molar-refractivity contribution >= 4 is 10.0 Å². The van der Waals surface area contributed by atoms with Gasteiger partial charge in [-0.15, -0.1) is 0 Å². The van der Waals surface area contributed by atoms with Gasteiger partial charge in [0.25, 0.3) is 0 Å². The number of sulfonamides is 1. The average Bonchev–Trinajstić information content (AvgIpc) is 2.09. The molecule has 5 nitrogen and oxygen atoms in total. The Hall–Kier alpha value is -0.380. The van der Waals surface area contributed by atoms with Crippen molar-refractivity contribution in [3.05, 3.63) is 0 Å². The van der Waals surface area contributed by atoms with Crippen molar-refractivity contribution in [1.29, 1.82) is 0 Å². The molecule has 0 amide bonds. The molecule has 0 aliphatic rings. The molecule has 0 bridgehead atoms. The van der Waals surface area contributed by atoms with Crippen LogP contribution < -0.4 is 4.72 Å². The molecular weight excluding hydrogens is 239 g/mol. The lowest BCUT2D eigenvalue weighted by atomic mass is 10.5. The molecule has 0 rings (SSSR count). The Morgan fingerprint density at radius 2 is 1.87 bits per heavy atom. The zero-order valence-corrected chi connectivity index (χ0v) is 8.57. The highest BCUT2D eigenvalue weighted by Gasteiger charge is 2.45. The van der Waals surface area contributed by atoms with Crippen LogP contribution in [-0.4, -0.2) is 45.4 Å². The molecule has 15 heavy (non-hydrogen) atoms. The first-order valence-electron chi connectivity index (χ1n) is 4.06. The first-order chi connectivity index (χ1) is 6.81. The van der Waals surface area contributed by atoms with Crippen molar-refractivity contribution in [2.75, 3.05) is 26.4 Å². The van der Waals surface area contributed by atoms with Gasteiger partial charge in [-0.25, -0.2) is 13.1 Å². The maximum atomic E-state index is 11.7. The number of alkyl halides is 3. The number of aliphatic hydroxyl groups is 1. The molecule has 2 N–H and O–H groups in total. The standard InChI is InChI=1S/C6H12F3NO4S/c7-6(8,9)15(12,13)10-2-1-4-14-5-3-11/h10-11H,1-5H2. The molecule has 92 valence electrons. The average molecular weight is 251 g/mol. The summed E-state index contributed by atoms with van der Waals surface area (Å²) in [7, 11) is -5.25. The molecule has 0 radical (unpaired) electrons. The summed E-state index contributed by atoms with van der Waals surface area (Å²) in [5.74, 6) is 0. The Bertz CT molecular complexity index is 264. The summed E-state index contributed by atoms with van der Waals surface area (Å²) in [4.78, 5) is 0. The summed E-state index contributed by atoms with van der Waals surface area (Å²) in [6.07, 6.45) is 0.106. The van der Waals surface area contributed by atoms with E-state index in [1.807, 2.05) is 0 Å². The SMILES string of the molecule is O=S(=O)(NCCCOCCO)C(F)(F)F. The highest BCUT2D eigenvalue weighted by Crippen LogP contribution is 2.21. The quantitative estimate of drug-likeness (QED) is 0.616. The zero-order chi connectivity index (χ0) is 11.9. The number of hydrogen-bond acceptors (Lipinski definition) is 4. The van der Waals surface area contributed by atoms with E-state index in [-0.39, 0.29) is 32.8 Å². The van der Waals surface area contributed by atoms with Crippen molar-refractivity contribution in [2.24, 2.45) is 0 Å². The van der Waals surface area contributed by atoms with Crippen LogP contribution in [0.15, 0.2) is 0 Å². The first kappa shape index (κ1) is 14.6. The van der Waals surface area contributed by atoms with Gasteiger partial charge in [-0.05, 0) is 6.42 Å². The number of aliphatic hydroxyl groups excluding tert-OH is 1. The highest BCUT2D eigenvalue weighted by molar-refractivity contribution is 7.90. The molecule has 0 saturated heterocycles. The van der Waals surface area contributed by atoms with Crippen molar-refractivity contribution in [1.82, 2.24) is 4.72 Å². The topological polar surface area (TPSA) is 75.6 Å². The molecule has 0 aromatic carbocycles. The number of nitrogens with one attached hydrogen (secondary N) is 1. The van der Waals surface area contributed by atoms with Gasteiger partial charge in [0, 0.05) is 13.2 Å². The number of halogens is 3. The Kier molecular flexibility index (Phi) is 6.10. The third-order valence-corrected chi connectivity index (χ3v) is 2.49. The van der Waals surface area contributed by atoms with Crippen LogP contribution in [0.1, 0.15) is 6.42 Å². The fraction of sp³-hybridized carbons (Fsp3) is 1.00. The summed E-state index contributed by atoms with van der Waals surface area (Å²) in [6.45, 7) is -0.380. The second kappa shape index (κ2) is 6.26. The van der Waals surface area contributed by atoms with E-state index >= 15 is 0 Å². The predicted octanol–water partition coefficient (Wildman–Crippen LogP) is -0.175. The van der Waals surface area contributed by atoms with Gasteiger partial charge in [-0.2, -0.15) is 13.2 Å². The fourth-order valence-electron chi connectivity index (χ4n) is 0.629. The summed E-state index contributed by atoms with van der Waals surface area (Å²) >= 11 is 0. The molecule has 0 saturated carbocycles. The normalized spacial score (nSPS) is 13.1. The van der Waals surface area contributed by atoms with Crippen molar-refractivity contribution in [3.8, 4) is 0 Å². The van der Waals surface area contributed by atoms with Gasteiger partial charge in [0.05, 0.1) is 13.2 Å². The highest BCUT2D eigenvalue weighted by atomic mass is 32.2.